The number of pyridine rings is 1. The lowest BCUT2D eigenvalue weighted by atomic mass is 10.1. The molecule has 0 spiro atoms. The zero-order valence-corrected chi connectivity index (χ0v) is 9.34. The zero-order valence-electron chi connectivity index (χ0n) is 9.34. The minimum atomic E-state index is -0.281. The summed E-state index contributed by atoms with van der Waals surface area (Å²) in [5, 5.41) is 3.86. The Hall–Kier alpha value is -1.84. The van der Waals surface area contributed by atoms with Crippen LogP contribution in [0.3, 0.4) is 0 Å². The van der Waals surface area contributed by atoms with E-state index >= 15 is 0 Å². The number of anilines is 2. The fourth-order valence-electron chi connectivity index (χ4n) is 1.72. The van der Waals surface area contributed by atoms with Crippen molar-refractivity contribution in [3.05, 3.63) is 29.7 Å². The van der Waals surface area contributed by atoms with Gasteiger partial charge in [-0.25, -0.2) is 4.39 Å². The molecule has 1 heterocycles. The van der Waals surface area contributed by atoms with Gasteiger partial charge in [-0.05, 0) is 19.4 Å². The van der Waals surface area contributed by atoms with Crippen LogP contribution < -0.4 is 11.1 Å². The van der Waals surface area contributed by atoms with Crippen LogP contribution in [-0.2, 0) is 0 Å². The molecule has 0 bridgehead atoms. The topological polar surface area (TPSA) is 50.9 Å². The highest BCUT2D eigenvalue weighted by Crippen LogP contribution is 2.29. The Morgan fingerprint density at radius 3 is 2.88 bits per heavy atom. The average Bonchev–Trinajstić information content (AvgIpc) is 2.27. The molecule has 0 atom stereocenters. The van der Waals surface area contributed by atoms with Gasteiger partial charge in [0.1, 0.15) is 5.52 Å². The van der Waals surface area contributed by atoms with Gasteiger partial charge >= 0.3 is 0 Å². The number of hydrogen-bond acceptors (Lipinski definition) is 3. The fourth-order valence-corrected chi connectivity index (χ4v) is 1.72. The van der Waals surface area contributed by atoms with Crippen LogP contribution in [0.4, 0.5) is 15.8 Å². The van der Waals surface area contributed by atoms with Crippen molar-refractivity contribution in [2.45, 2.75) is 13.8 Å². The molecule has 0 aliphatic rings. The third kappa shape index (κ3) is 1.56. The van der Waals surface area contributed by atoms with Crippen LogP contribution in [-0.4, -0.2) is 11.5 Å². The molecular weight excluding hydrogens is 205 g/mol. The van der Waals surface area contributed by atoms with Gasteiger partial charge in [-0.2, -0.15) is 0 Å². The molecule has 0 saturated heterocycles. The predicted octanol–water partition coefficient (Wildman–Crippen LogP) is 2.70. The molecule has 3 nitrogen and oxygen atoms in total. The molecular formula is C12H14FN3. The first-order chi connectivity index (χ1) is 7.65. The minimum absolute atomic E-state index is 0.281. The molecule has 84 valence electrons. The molecule has 16 heavy (non-hydrogen) atoms. The molecule has 3 N–H and O–H groups in total. The van der Waals surface area contributed by atoms with Crippen molar-refractivity contribution in [2.24, 2.45) is 0 Å². The number of nitrogens with zero attached hydrogens (tertiary/aromatic N) is 1. The summed E-state index contributed by atoms with van der Waals surface area (Å²) >= 11 is 0. The highest BCUT2D eigenvalue weighted by molar-refractivity contribution is 5.97. The maximum Gasteiger partial charge on any atom is 0.152 e. The molecule has 0 aliphatic carbocycles. The van der Waals surface area contributed by atoms with Gasteiger partial charge in [0.25, 0.3) is 0 Å². The maximum atomic E-state index is 13.8. The number of nitrogens with one attached hydrogen (secondary N) is 1. The van der Waals surface area contributed by atoms with Gasteiger partial charge in [-0.3, -0.25) is 4.98 Å². The first-order valence-corrected chi connectivity index (χ1v) is 5.22. The van der Waals surface area contributed by atoms with Gasteiger partial charge in [0.05, 0.1) is 17.6 Å². The molecule has 0 fully saturated rings. The fraction of sp³-hybridized carbons (Fsp3) is 0.250. The van der Waals surface area contributed by atoms with Gasteiger partial charge in [0.15, 0.2) is 5.82 Å². The van der Waals surface area contributed by atoms with Gasteiger partial charge in [-0.1, -0.05) is 12.1 Å². The molecule has 0 aliphatic heterocycles. The number of aryl methyl sites for hydroxylation is 1. The minimum Gasteiger partial charge on any atom is -0.396 e. The molecule has 0 unspecified atom stereocenters. The van der Waals surface area contributed by atoms with Crippen molar-refractivity contribution in [1.82, 2.24) is 4.98 Å². The number of halogens is 1. The number of benzene rings is 1. The van der Waals surface area contributed by atoms with Gasteiger partial charge < -0.3 is 11.1 Å². The molecule has 0 amide bonds. The second-order valence-electron chi connectivity index (χ2n) is 3.71. The third-order valence-electron chi connectivity index (χ3n) is 2.55. The van der Waals surface area contributed by atoms with Crippen molar-refractivity contribution in [3.8, 4) is 0 Å². The highest BCUT2D eigenvalue weighted by Gasteiger charge is 2.10. The lowest BCUT2D eigenvalue weighted by Crippen LogP contribution is -2.03. The normalized spacial score (nSPS) is 10.7. The molecule has 0 saturated carbocycles. The van der Waals surface area contributed by atoms with E-state index in [4.69, 9.17) is 5.73 Å². The summed E-state index contributed by atoms with van der Waals surface area (Å²) in [4.78, 5) is 4.04. The van der Waals surface area contributed by atoms with Gasteiger partial charge in [0.2, 0.25) is 0 Å². The van der Waals surface area contributed by atoms with Crippen LogP contribution in [0.25, 0.3) is 10.9 Å². The van der Waals surface area contributed by atoms with Crippen molar-refractivity contribution >= 4 is 22.3 Å². The van der Waals surface area contributed by atoms with E-state index in [2.05, 4.69) is 10.3 Å². The summed E-state index contributed by atoms with van der Waals surface area (Å²) in [5.41, 5.74) is 8.06. The lowest BCUT2D eigenvalue weighted by molar-refractivity contribution is 0.628. The van der Waals surface area contributed by atoms with Crippen LogP contribution in [0.1, 0.15) is 12.5 Å². The van der Waals surface area contributed by atoms with E-state index in [1.54, 1.807) is 13.0 Å². The number of nitrogen functional groups attached to an aromatic ring is 1. The summed E-state index contributed by atoms with van der Waals surface area (Å²) in [6.07, 6.45) is 1.49. The van der Waals surface area contributed by atoms with Crippen LogP contribution in [0.2, 0.25) is 0 Å². The van der Waals surface area contributed by atoms with Crippen LogP contribution in [0, 0.1) is 12.7 Å². The number of fused-ring (bicyclic) bond motifs is 1. The first kappa shape index (κ1) is 10.7. The number of aromatic nitrogens is 1. The van der Waals surface area contributed by atoms with Gasteiger partial charge in [-0.15, -0.1) is 0 Å². The van der Waals surface area contributed by atoms with Crippen molar-refractivity contribution < 1.29 is 4.39 Å². The first-order valence-electron chi connectivity index (χ1n) is 5.22. The van der Waals surface area contributed by atoms with Crippen LogP contribution >= 0.6 is 0 Å². The predicted molar refractivity (Wildman–Crippen MR) is 65.0 cm³/mol. The van der Waals surface area contributed by atoms with Crippen molar-refractivity contribution in [1.29, 1.82) is 0 Å². The van der Waals surface area contributed by atoms with E-state index in [1.807, 2.05) is 13.0 Å². The zero-order chi connectivity index (χ0) is 11.7. The summed E-state index contributed by atoms with van der Waals surface area (Å²) in [6, 6.07) is 3.58. The van der Waals surface area contributed by atoms with Crippen molar-refractivity contribution in [2.75, 3.05) is 17.6 Å². The molecule has 0 radical (unpaired) electrons. The van der Waals surface area contributed by atoms with E-state index in [0.29, 0.717) is 16.8 Å². The molecule has 2 rings (SSSR count). The summed E-state index contributed by atoms with van der Waals surface area (Å²) in [6.45, 7) is 4.43. The summed E-state index contributed by atoms with van der Waals surface area (Å²) in [5.74, 6) is -0.281. The Labute approximate surface area is 93.5 Å². The molecule has 1 aromatic heterocycles. The highest BCUT2D eigenvalue weighted by atomic mass is 19.1. The Morgan fingerprint density at radius 1 is 1.44 bits per heavy atom. The SMILES string of the molecule is CCNc1c(N)cnc2c(F)c(C)ccc12. The van der Waals surface area contributed by atoms with E-state index in [1.165, 1.54) is 6.20 Å². The van der Waals surface area contributed by atoms with E-state index in [9.17, 15) is 4.39 Å². The Bertz CT molecular complexity index is 537. The van der Waals surface area contributed by atoms with E-state index in [-0.39, 0.29) is 5.82 Å². The van der Waals surface area contributed by atoms with E-state index < -0.39 is 0 Å². The maximum absolute atomic E-state index is 13.8. The standard InChI is InChI=1S/C12H14FN3/c1-3-15-11-8-5-4-7(2)10(13)12(8)16-6-9(11)14/h4-6H,3,14H2,1-2H3,(H,15,16). The largest absolute Gasteiger partial charge is 0.396 e. The number of hydrogen-bond donors (Lipinski definition) is 2. The summed E-state index contributed by atoms with van der Waals surface area (Å²) in [7, 11) is 0. The van der Waals surface area contributed by atoms with Gasteiger partial charge in [0, 0.05) is 11.9 Å². The van der Waals surface area contributed by atoms with Crippen LogP contribution in [0.5, 0.6) is 0 Å². The number of nitrogens with two attached hydrogens (primary N) is 1. The average molecular weight is 219 g/mol. The lowest BCUT2D eigenvalue weighted by Gasteiger charge is -2.11. The van der Waals surface area contributed by atoms with Crippen LogP contribution in [0.15, 0.2) is 18.3 Å². The smallest absolute Gasteiger partial charge is 0.152 e. The molecule has 1 aromatic carbocycles. The Kier molecular flexibility index (Phi) is 2.64. The summed E-state index contributed by atoms with van der Waals surface area (Å²) < 4.78 is 13.8. The monoisotopic (exact) mass is 219 g/mol. The Balaban J connectivity index is 2.78. The second kappa shape index (κ2) is 3.96. The quantitative estimate of drug-likeness (QED) is 0.816. The van der Waals surface area contributed by atoms with E-state index in [0.717, 1.165) is 17.6 Å². The third-order valence-corrected chi connectivity index (χ3v) is 2.55. The molecule has 2 aromatic rings. The van der Waals surface area contributed by atoms with Crippen molar-refractivity contribution in [3.63, 3.8) is 0 Å². The Morgan fingerprint density at radius 2 is 2.19 bits per heavy atom. The number of rotatable bonds is 2. The second-order valence-corrected chi connectivity index (χ2v) is 3.71. The molecule has 4 heteroatoms.